The van der Waals surface area contributed by atoms with Gasteiger partial charge in [-0.15, -0.1) is 0 Å². The van der Waals surface area contributed by atoms with E-state index in [-0.39, 0.29) is 5.41 Å². The third-order valence-corrected chi connectivity index (χ3v) is 5.60. The summed E-state index contributed by atoms with van der Waals surface area (Å²) in [5, 5.41) is 0. The Morgan fingerprint density at radius 2 is 1.42 bits per heavy atom. The van der Waals surface area contributed by atoms with E-state index in [2.05, 4.69) is 0 Å². The lowest BCUT2D eigenvalue weighted by molar-refractivity contribution is 0.214. The quantitative estimate of drug-likeness (QED) is 0.553. The highest BCUT2D eigenvalue weighted by atomic mass is 35.5. The van der Waals surface area contributed by atoms with Crippen LogP contribution in [0.3, 0.4) is 0 Å². The summed E-state index contributed by atoms with van der Waals surface area (Å²) in [6.45, 7) is 3.98. The van der Waals surface area contributed by atoms with Crippen molar-refractivity contribution in [2.24, 2.45) is 5.41 Å². The fourth-order valence-corrected chi connectivity index (χ4v) is 2.72. The minimum Gasteiger partial charge on any atom is -0.0983 e. The van der Waals surface area contributed by atoms with Gasteiger partial charge in [0.1, 0.15) is 0 Å². The Kier molecular flexibility index (Phi) is 2.89. The Balaban J connectivity index is 2.99. The van der Waals surface area contributed by atoms with Crippen LogP contribution in [0.4, 0.5) is 0 Å². The first-order valence-electron chi connectivity index (χ1n) is 3.96. The van der Waals surface area contributed by atoms with Crippen LogP contribution in [0.2, 0.25) is 0 Å². The Morgan fingerprint density at radius 3 is 1.75 bits per heavy atom. The Morgan fingerprint density at radius 1 is 0.917 bits per heavy atom. The lowest BCUT2D eigenvalue weighted by Crippen LogP contribution is -2.51. The summed E-state index contributed by atoms with van der Waals surface area (Å²) < 4.78 is -2.07. The van der Waals surface area contributed by atoms with Gasteiger partial charge in [0.25, 0.3) is 0 Å². The van der Waals surface area contributed by atoms with E-state index in [9.17, 15) is 0 Å². The molecule has 0 aromatic rings. The van der Waals surface area contributed by atoms with Crippen molar-refractivity contribution in [1.29, 1.82) is 0 Å². The third kappa shape index (κ3) is 1.56. The summed E-state index contributed by atoms with van der Waals surface area (Å²) in [6, 6.07) is 0. The van der Waals surface area contributed by atoms with Crippen LogP contribution >= 0.6 is 46.4 Å². The first-order chi connectivity index (χ1) is 5.21. The van der Waals surface area contributed by atoms with Gasteiger partial charge in [-0.3, -0.25) is 0 Å². The van der Waals surface area contributed by atoms with Crippen LogP contribution in [-0.2, 0) is 0 Å². The van der Waals surface area contributed by atoms with Gasteiger partial charge in [-0.1, -0.05) is 60.3 Å². The smallest absolute Gasteiger partial charge is 0.0983 e. The third-order valence-electron chi connectivity index (χ3n) is 2.60. The van der Waals surface area contributed by atoms with E-state index in [4.69, 9.17) is 46.4 Å². The monoisotopic (exact) mass is 248 g/mol. The van der Waals surface area contributed by atoms with Gasteiger partial charge >= 0.3 is 0 Å². The molecule has 1 fully saturated rings. The first-order valence-corrected chi connectivity index (χ1v) is 5.47. The molecular weight excluding hydrogens is 238 g/mol. The maximum atomic E-state index is 6.16. The van der Waals surface area contributed by atoms with E-state index in [1.807, 2.05) is 13.8 Å². The predicted molar refractivity (Wildman–Crippen MR) is 56.5 cm³/mol. The molecule has 0 heterocycles. The van der Waals surface area contributed by atoms with Gasteiger partial charge in [-0.2, -0.15) is 0 Å². The van der Waals surface area contributed by atoms with Crippen molar-refractivity contribution in [3.63, 3.8) is 0 Å². The molecule has 0 amide bonds. The van der Waals surface area contributed by atoms with Crippen molar-refractivity contribution in [2.45, 2.75) is 41.8 Å². The van der Waals surface area contributed by atoms with Gasteiger partial charge in [0.2, 0.25) is 0 Å². The van der Waals surface area contributed by atoms with Crippen LogP contribution < -0.4 is 0 Å². The zero-order chi connectivity index (χ0) is 9.62. The molecule has 12 heavy (non-hydrogen) atoms. The SMILES string of the molecule is CC1(C)CCCC(Cl)(Cl)C1(Cl)Cl. The van der Waals surface area contributed by atoms with Gasteiger partial charge < -0.3 is 0 Å². The maximum absolute atomic E-state index is 6.16. The van der Waals surface area contributed by atoms with E-state index in [1.165, 1.54) is 0 Å². The highest BCUT2D eigenvalue weighted by molar-refractivity contribution is 6.62. The molecule has 0 aromatic carbocycles. The van der Waals surface area contributed by atoms with Gasteiger partial charge in [0.15, 0.2) is 8.67 Å². The molecular formula is C8H12Cl4. The number of hydrogen-bond acceptors (Lipinski definition) is 0. The zero-order valence-electron chi connectivity index (χ0n) is 7.13. The van der Waals surface area contributed by atoms with Crippen molar-refractivity contribution in [3.8, 4) is 0 Å². The second-order valence-corrected chi connectivity index (χ2v) is 6.83. The van der Waals surface area contributed by atoms with Crippen LogP contribution in [0, 0.1) is 5.41 Å². The van der Waals surface area contributed by atoms with Crippen LogP contribution in [0.1, 0.15) is 33.1 Å². The Bertz CT molecular complexity index is 165. The highest BCUT2D eigenvalue weighted by Crippen LogP contribution is 2.60. The van der Waals surface area contributed by atoms with Gasteiger partial charge in [0.05, 0.1) is 0 Å². The summed E-state index contributed by atoms with van der Waals surface area (Å²) in [5.41, 5.74) is -0.224. The van der Waals surface area contributed by atoms with E-state index >= 15 is 0 Å². The predicted octanol–water partition coefficient (Wildman–Crippen LogP) is 4.54. The molecule has 0 aliphatic heterocycles. The van der Waals surface area contributed by atoms with E-state index in [0.29, 0.717) is 6.42 Å². The second kappa shape index (κ2) is 3.08. The summed E-state index contributed by atoms with van der Waals surface area (Å²) >= 11 is 24.4. The summed E-state index contributed by atoms with van der Waals surface area (Å²) in [5.74, 6) is 0. The lowest BCUT2D eigenvalue weighted by Gasteiger charge is -2.48. The van der Waals surface area contributed by atoms with Crippen LogP contribution in [-0.4, -0.2) is 8.67 Å². The van der Waals surface area contributed by atoms with Crippen LogP contribution in [0.15, 0.2) is 0 Å². The van der Waals surface area contributed by atoms with E-state index < -0.39 is 8.67 Å². The summed E-state index contributed by atoms with van der Waals surface area (Å²) in [4.78, 5) is 0. The second-order valence-electron chi connectivity index (χ2n) is 4.02. The molecule has 1 saturated carbocycles. The first kappa shape index (κ1) is 11.2. The van der Waals surface area contributed by atoms with Crippen molar-refractivity contribution >= 4 is 46.4 Å². The largest absolute Gasteiger partial charge is 0.156 e. The minimum absolute atomic E-state index is 0.224. The Labute approximate surface area is 93.5 Å². The van der Waals surface area contributed by atoms with Crippen molar-refractivity contribution in [3.05, 3.63) is 0 Å². The standard InChI is InChI=1S/C8H12Cl4/c1-6(2)4-3-5-7(9,10)8(6,11)12/h3-5H2,1-2H3. The number of hydrogen-bond donors (Lipinski definition) is 0. The molecule has 0 aromatic heterocycles. The fraction of sp³-hybridized carbons (Fsp3) is 1.00. The molecule has 0 nitrogen and oxygen atoms in total. The van der Waals surface area contributed by atoms with Gasteiger partial charge in [-0.05, 0) is 19.3 Å². The molecule has 0 unspecified atom stereocenters. The molecule has 0 radical (unpaired) electrons. The average Bonchev–Trinajstić information content (AvgIpc) is 1.83. The summed E-state index contributed by atoms with van der Waals surface area (Å²) in [6.07, 6.45) is 2.59. The number of alkyl halides is 4. The normalized spacial score (nSPS) is 31.5. The number of rotatable bonds is 0. The molecule has 0 atom stereocenters. The molecule has 0 saturated heterocycles. The molecule has 1 aliphatic rings. The topological polar surface area (TPSA) is 0 Å². The van der Waals surface area contributed by atoms with E-state index in [1.54, 1.807) is 0 Å². The average molecular weight is 250 g/mol. The van der Waals surface area contributed by atoms with Crippen molar-refractivity contribution < 1.29 is 0 Å². The summed E-state index contributed by atoms with van der Waals surface area (Å²) in [7, 11) is 0. The highest BCUT2D eigenvalue weighted by Gasteiger charge is 2.58. The van der Waals surface area contributed by atoms with E-state index in [0.717, 1.165) is 12.8 Å². The molecule has 1 aliphatic carbocycles. The number of halogens is 4. The molecule has 0 spiro atoms. The van der Waals surface area contributed by atoms with Crippen molar-refractivity contribution in [1.82, 2.24) is 0 Å². The minimum atomic E-state index is -1.05. The van der Waals surface area contributed by atoms with Gasteiger partial charge in [-0.25, -0.2) is 0 Å². The van der Waals surface area contributed by atoms with Gasteiger partial charge in [0, 0.05) is 5.41 Å². The van der Waals surface area contributed by atoms with Crippen molar-refractivity contribution in [2.75, 3.05) is 0 Å². The lowest BCUT2D eigenvalue weighted by atomic mass is 9.76. The van der Waals surface area contributed by atoms with Crippen LogP contribution in [0.5, 0.6) is 0 Å². The Hall–Kier alpha value is 1.16. The molecule has 4 heteroatoms. The fourth-order valence-electron chi connectivity index (χ4n) is 1.56. The molecule has 72 valence electrons. The van der Waals surface area contributed by atoms with Crippen LogP contribution in [0.25, 0.3) is 0 Å². The molecule has 0 bridgehead atoms. The molecule has 1 rings (SSSR count). The molecule has 0 N–H and O–H groups in total. The maximum Gasteiger partial charge on any atom is 0.156 e. The zero-order valence-corrected chi connectivity index (χ0v) is 10.2.